The number of methoxy groups -OCH3 is 2. The number of benzene rings is 2. The Hall–Kier alpha value is -3.22. The van der Waals surface area contributed by atoms with Gasteiger partial charge in [-0.15, -0.1) is 0 Å². The minimum atomic E-state index is 0.406. The third-order valence-corrected chi connectivity index (χ3v) is 4.06. The van der Waals surface area contributed by atoms with E-state index in [1.54, 1.807) is 20.3 Å². The van der Waals surface area contributed by atoms with Crippen LogP contribution in [0.3, 0.4) is 0 Å². The first kappa shape index (κ1) is 16.3. The van der Waals surface area contributed by atoms with Crippen molar-refractivity contribution in [3.8, 4) is 34.5 Å². The smallest absolute Gasteiger partial charge is 0.258 e. The molecule has 0 N–H and O–H groups in total. The standard InChI is InChI=1S/C19H18N2O5/c1-22-14-5-3-12(4-6-14)9-17-20-19(26-21-17)13-10-15(23-2)18-16(11-13)24-7-8-25-18/h3-6,10-11H,7-9H2,1-2H3. The lowest BCUT2D eigenvalue weighted by Crippen LogP contribution is -2.16. The van der Waals surface area contributed by atoms with Gasteiger partial charge in [0, 0.05) is 12.0 Å². The van der Waals surface area contributed by atoms with Crippen molar-refractivity contribution in [3.63, 3.8) is 0 Å². The van der Waals surface area contributed by atoms with E-state index in [9.17, 15) is 0 Å². The highest BCUT2D eigenvalue weighted by Crippen LogP contribution is 2.42. The molecule has 134 valence electrons. The molecule has 0 fully saturated rings. The fraction of sp³-hybridized carbons (Fsp3) is 0.263. The van der Waals surface area contributed by atoms with Crippen LogP contribution in [-0.2, 0) is 6.42 Å². The van der Waals surface area contributed by atoms with Crippen molar-refractivity contribution >= 4 is 0 Å². The zero-order valence-corrected chi connectivity index (χ0v) is 14.5. The molecule has 2 aromatic carbocycles. The van der Waals surface area contributed by atoms with Crippen molar-refractivity contribution in [2.24, 2.45) is 0 Å². The first-order chi connectivity index (χ1) is 12.8. The van der Waals surface area contributed by atoms with Crippen molar-refractivity contribution in [1.82, 2.24) is 10.1 Å². The molecule has 0 spiro atoms. The van der Waals surface area contributed by atoms with Gasteiger partial charge < -0.3 is 23.5 Å². The fourth-order valence-electron chi connectivity index (χ4n) is 2.77. The predicted octanol–water partition coefficient (Wildman–Crippen LogP) is 3.12. The topological polar surface area (TPSA) is 75.8 Å². The van der Waals surface area contributed by atoms with E-state index in [0.29, 0.717) is 48.6 Å². The van der Waals surface area contributed by atoms with Crippen LogP contribution in [0.15, 0.2) is 40.9 Å². The number of hydrogen-bond acceptors (Lipinski definition) is 7. The maximum absolute atomic E-state index is 5.65. The van der Waals surface area contributed by atoms with Gasteiger partial charge in [0.1, 0.15) is 19.0 Å². The lowest BCUT2D eigenvalue weighted by molar-refractivity contribution is 0.165. The second kappa shape index (κ2) is 6.95. The fourth-order valence-corrected chi connectivity index (χ4v) is 2.77. The molecule has 26 heavy (non-hydrogen) atoms. The molecule has 0 bridgehead atoms. The Bertz CT molecular complexity index is 888. The van der Waals surface area contributed by atoms with E-state index >= 15 is 0 Å². The second-order valence-electron chi connectivity index (χ2n) is 5.74. The molecule has 0 amide bonds. The lowest BCUT2D eigenvalue weighted by Gasteiger charge is -2.20. The van der Waals surface area contributed by atoms with Gasteiger partial charge >= 0.3 is 0 Å². The number of nitrogens with zero attached hydrogens (tertiary/aromatic N) is 2. The van der Waals surface area contributed by atoms with Gasteiger partial charge in [0.2, 0.25) is 5.75 Å². The van der Waals surface area contributed by atoms with Crippen LogP contribution >= 0.6 is 0 Å². The monoisotopic (exact) mass is 354 g/mol. The molecule has 1 aliphatic heterocycles. The van der Waals surface area contributed by atoms with Gasteiger partial charge in [-0.1, -0.05) is 17.3 Å². The van der Waals surface area contributed by atoms with E-state index < -0.39 is 0 Å². The van der Waals surface area contributed by atoms with E-state index in [0.717, 1.165) is 16.9 Å². The third-order valence-electron chi connectivity index (χ3n) is 4.06. The van der Waals surface area contributed by atoms with E-state index in [2.05, 4.69) is 10.1 Å². The Morgan fingerprint density at radius 1 is 1.00 bits per heavy atom. The summed E-state index contributed by atoms with van der Waals surface area (Å²) in [5.74, 6) is 3.60. The maximum Gasteiger partial charge on any atom is 0.258 e. The van der Waals surface area contributed by atoms with Crippen LogP contribution in [0, 0.1) is 0 Å². The maximum atomic E-state index is 5.65. The highest BCUT2D eigenvalue weighted by Gasteiger charge is 2.21. The highest BCUT2D eigenvalue weighted by atomic mass is 16.6. The number of rotatable bonds is 5. The highest BCUT2D eigenvalue weighted by molar-refractivity contribution is 5.66. The SMILES string of the molecule is COc1ccc(Cc2noc(-c3cc(OC)c4c(c3)OCCO4)n2)cc1. The molecule has 0 unspecified atom stereocenters. The Balaban J connectivity index is 1.59. The molecular weight excluding hydrogens is 336 g/mol. The first-order valence-corrected chi connectivity index (χ1v) is 8.20. The number of aromatic nitrogens is 2. The zero-order valence-electron chi connectivity index (χ0n) is 14.5. The van der Waals surface area contributed by atoms with Crippen LogP contribution in [0.5, 0.6) is 23.0 Å². The number of hydrogen-bond donors (Lipinski definition) is 0. The average molecular weight is 354 g/mol. The molecule has 0 saturated heterocycles. The summed E-state index contributed by atoms with van der Waals surface area (Å²) in [6.07, 6.45) is 0.565. The van der Waals surface area contributed by atoms with E-state index in [1.807, 2.05) is 30.3 Å². The molecule has 3 aromatic rings. The summed E-state index contributed by atoms with van der Waals surface area (Å²) in [7, 11) is 3.22. The molecule has 2 heterocycles. The number of fused-ring (bicyclic) bond motifs is 1. The van der Waals surface area contributed by atoms with Gasteiger partial charge in [0.15, 0.2) is 17.3 Å². The predicted molar refractivity (Wildman–Crippen MR) is 93.1 cm³/mol. The van der Waals surface area contributed by atoms with Crippen LogP contribution in [0.4, 0.5) is 0 Å². The Morgan fingerprint density at radius 3 is 2.58 bits per heavy atom. The number of ether oxygens (including phenoxy) is 4. The quantitative estimate of drug-likeness (QED) is 0.697. The van der Waals surface area contributed by atoms with Crippen LogP contribution in [0.2, 0.25) is 0 Å². The molecule has 4 rings (SSSR count). The van der Waals surface area contributed by atoms with Gasteiger partial charge in [-0.25, -0.2) is 0 Å². The van der Waals surface area contributed by atoms with Crippen molar-refractivity contribution in [1.29, 1.82) is 0 Å². The third kappa shape index (κ3) is 3.15. The minimum absolute atomic E-state index is 0.406. The summed E-state index contributed by atoms with van der Waals surface area (Å²) in [5.41, 5.74) is 1.79. The Labute approximate surface area is 150 Å². The normalized spacial score (nSPS) is 12.7. The molecule has 7 heteroatoms. The molecule has 7 nitrogen and oxygen atoms in total. The van der Waals surface area contributed by atoms with E-state index in [-0.39, 0.29) is 0 Å². The molecule has 0 radical (unpaired) electrons. The minimum Gasteiger partial charge on any atom is -0.497 e. The first-order valence-electron chi connectivity index (χ1n) is 8.20. The molecule has 0 aliphatic carbocycles. The van der Waals surface area contributed by atoms with Crippen molar-refractivity contribution in [3.05, 3.63) is 47.8 Å². The summed E-state index contributed by atoms with van der Waals surface area (Å²) >= 11 is 0. The van der Waals surface area contributed by atoms with Gasteiger partial charge in [-0.05, 0) is 29.8 Å². The van der Waals surface area contributed by atoms with Gasteiger partial charge in [0.25, 0.3) is 5.89 Å². The average Bonchev–Trinajstić information content (AvgIpc) is 3.16. The summed E-state index contributed by atoms with van der Waals surface area (Å²) in [6, 6.07) is 11.4. The largest absolute Gasteiger partial charge is 0.497 e. The van der Waals surface area contributed by atoms with Crippen LogP contribution in [-0.4, -0.2) is 37.6 Å². The lowest BCUT2D eigenvalue weighted by atomic mass is 10.1. The summed E-state index contributed by atoms with van der Waals surface area (Å²) in [6.45, 7) is 0.988. The van der Waals surface area contributed by atoms with Gasteiger partial charge in [-0.3, -0.25) is 0 Å². The van der Waals surface area contributed by atoms with Crippen molar-refractivity contribution in [2.75, 3.05) is 27.4 Å². The van der Waals surface area contributed by atoms with E-state index in [1.165, 1.54) is 0 Å². The molecule has 0 atom stereocenters. The van der Waals surface area contributed by atoms with Crippen LogP contribution < -0.4 is 18.9 Å². The van der Waals surface area contributed by atoms with E-state index in [4.69, 9.17) is 23.5 Å². The van der Waals surface area contributed by atoms with Gasteiger partial charge in [-0.2, -0.15) is 4.98 Å². The Kier molecular flexibility index (Phi) is 4.35. The van der Waals surface area contributed by atoms with Gasteiger partial charge in [0.05, 0.1) is 14.2 Å². The summed E-state index contributed by atoms with van der Waals surface area (Å²) in [4.78, 5) is 4.48. The van der Waals surface area contributed by atoms with Crippen molar-refractivity contribution in [2.45, 2.75) is 6.42 Å². The second-order valence-corrected chi connectivity index (χ2v) is 5.74. The zero-order chi connectivity index (χ0) is 17.9. The molecule has 1 aliphatic rings. The summed E-state index contributed by atoms with van der Waals surface area (Å²) < 4.78 is 27.2. The van der Waals surface area contributed by atoms with Crippen LogP contribution in [0.25, 0.3) is 11.5 Å². The molecular formula is C19H18N2O5. The molecule has 1 aromatic heterocycles. The Morgan fingerprint density at radius 2 is 1.81 bits per heavy atom. The summed E-state index contributed by atoms with van der Waals surface area (Å²) in [5, 5.41) is 4.07. The van der Waals surface area contributed by atoms with Crippen molar-refractivity contribution < 1.29 is 23.5 Å². The molecule has 0 saturated carbocycles. The van der Waals surface area contributed by atoms with Crippen LogP contribution in [0.1, 0.15) is 11.4 Å².